The van der Waals surface area contributed by atoms with Crippen molar-refractivity contribution in [2.45, 2.75) is 50.7 Å². The number of ether oxygens (including phenoxy) is 3. The summed E-state index contributed by atoms with van der Waals surface area (Å²) in [7, 11) is -3.07. The zero-order chi connectivity index (χ0) is 18.9. The molecule has 148 valence electrons. The van der Waals surface area contributed by atoms with Crippen LogP contribution in [0.3, 0.4) is 0 Å². The molecule has 1 N–H and O–H groups in total. The van der Waals surface area contributed by atoms with Crippen molar-refractivity contribution >= 4 is 15.7 Å². The minimum atomic E-state index is -3.07. The summed E-state index contributed by atoms with van der Waals surface area (Å²) >= 11 is 0. The first-order valence-corrected chi connectivity index (χ1v) is 11.4. The lowest BCUT2D eigenvalue weighted by molar-refractivity contribution is -0.125. The average Bonchev–Trinajstić information content (AvgIpc) is 3.10. The summed E-state index contributed by atoms with van der Waals surface area (Å²) in [5.41, 5.74) is 0. The Hall–Kier alpha value is -1.96. The van der Waals surface area contributed by atoms with Crippen molar-refractivity contribution in [3.63, 3.8) is 0 Å². The minimum absolute atomic E-state index is 0.0125. The molecule has 1 unspecified atom stereocenters. The van der Waals surface area contributed by atoms with Crippen molar-refractivity contribution in [1.82, 2.24) is 5.32 Å². The van der Waals surface area contributed by atoms with Crippen LogP contribution in [0.1, 0.15) is 38.5 Å². The molecule has 2 fully saturated rings. The van der Waals surface area contributed by atoms with Crippen LogP contribution in [0.5, 0.6) is 17.2 Å². The lowest BCUT2D eigenvalue weighted by Crippen LogP contribution is -2.45. The molecule has 1 aliphatic carbocycles. The van der Waals surface area contributed by atoms with Crippen LogP contribution in [-0.2, 0) is 14.6 Å². The Morgan fingerprint density at radius 1 is 1.07 bits per heavy atom. The third kappa shape index (κ3) is 4.48. The van der Waals surface area contributed by atoms with Crippen molar-refractivity contribution in [1.29, 1.82) is 0 Å². The van der Waals surface area contributed by atoms with E-state index in [1.807, 2.05) is 18.2 Å². The van der Waals surface area contributed by atoms with Gasteiger partial charge in [0.15, 0.2) is 21.3 Å². The van der Waals surface area contributed by atoms with Gasteiger partial charge in [0.1, 0.15) is 5.75 Å². The van der Waals surface area contributed by atoms with Gasteiger partial charge in [-0.1, -0.05) is 0 Å². The maximum Gasteiger partial charge on any atom is 0.231 e. The highest BCUT2D eigenvalue weighted by Crippen LogP contribution is 2.36. The number of hydrogen-bond donors (Lipinski definition) is 1. The van der Waals surface area contributed by atoms with E-state index < -0.39 is 15.8 Å². The predicted molar refractivity (Wildman–Crippen MR) is 98.8 cm³/mol. The molecule has 0 aromatic heterocycles. The number of hydrogen-bond acceptors (Lipinski definition) is 6. The minimum Gasteiger partial charge on any atom is -0.490 e. The number of fused-ring (bicyclic) bond motifs is 1. The summed E-state index contributed by atoms with van der Waals surface area (Å²) in [6.45, 7) is 0.242. The van der Waals surface area contributed by atoms with E-state index in [2.05, 4.69) is 5.32 Å². The highest BCUT2D eigenvalue weighted by molar-refractivity contribution is 7.91. The number of amides is 1. The maximum atomic E-state index is 12.4. The Morgan fingerprint density at radius 3 is 2.63 bits per heavy atom. The molecule has 27 heavy (non-hydrogen) atoms. The van der Waals surface area contributed by atoms with Gasteiger partial charge in [0.05, 0.1) is 23.5 Å². The van der Waals surface area contributed by atoms with Crippen molar-refractivity contribution < 1.29 is 27.4 Å². The summed E-state index contributed by atoms with van der Waals surface area (Å²) in [5.74, 6) is 1.89. The van der Waals surface area contributed by atoms with E-state index in [-0.39, 0.29) is 36.4 Å². The van der Waals surface area contributed by atoms with Crippen LogP contribution in [-0.4, -0.2) is 44.8 Å². The van der Waals surface area contributed by atoms with E-state index in [4.69, 9.17) is 14.2 Å². The average molecular weight is 395 g/mol. The topological polar surface area (TPSA) is 90.9 Å². The Morgan fingerprint density at radius 2 is 1.85 bits per heavy atom. The summed E-state index contributed by atoms with van der Waals surface area (Å²) in [6.07, 6.45) is 4.71. The molecule has 1 aromatic rings. The normalized spacial score (nSPS) is 29.1. The highest BCUT2D eigenvalue weighted by atomic mass is 32.2. The SMILES string of the molecule is O=C(NC1CCC(Oc2ccc3c(c2)OCO3)CC1)C1CCCS(=O)(=O)C1. The van der Waals surface area contributed by atoms with Gasteiger partial charge in [-0.25, -0.2) is 8.42 Å². The summed E-state index contributed by atoms with van der Waals surface area (Å²) < 4.78 is 40.2. The molecule has 0 radical (unpaired) electrons. The lowest BCUT2D eigenvalue weighted by atomic mass is 9.92. The van der Waals surface area contributed by atoms with Crippen LogP contribution >= 0.6 is 0 Å². The molecule has 2 aliphatic heterocycles. The number of sulfone groups is 1. The molecule has 1 saturated heterocycles. The van der Waals surface area contributed by atoms with Crippen molar-refractivity contribution in [2.75, 3.05) is 18.3 Å². The zero-order valence-electron chi connectivity index (χ0n) is 15.2. The number of carbonyl (C=O) groups excluding carboxylic acids is 1. The molecular weight excluding hydrogens is 370 g/mol. The monoisotopic (exact) mass is 395 g/mol. The van der Waals surface area contributed by atoms with Gasteiger partial charge in [-0.2, -0.15) is 0 Å². The lowest BCUT2D eigenvalue weighted by Gasteiger charge is -2.31. The first-order chi connectivity index (χ1) is 13.0. The number of nitrogens with one attached hydrogen (secondary N) is 1. The Kier molecular flexibility index (Phi) is 5.16. The maximum absolute atomic E-state index is 12.4. The van der Waals surface area contributed by atoms with E-state index in [1.54, 1.807) is 0 Å². The molecule has 3 aliphatic rings. The third-order valence-electron chi connectivity index (χ3n) is 5.50. The predicted octanol–water partition coefficient (Wildman–Crippen LogP) is 2.05. The fraction of sp³-hybridized carbons (Fsp3) is 0.632. The van der Waals surface area contributed by atoms with E-state index >= 15 is 0 Å². The summed E-state index contributed by atoms with van der Waals surface area (Å²) in [5, 5.41) is 3.05. The van der Waals surface area contributed by atoms with E-state index in [9.17, 15) is 13.2 Å². The first-order valence-electron chi connectivity index (χ1n) is 9.56. The molecule has 0 spiro atoms. The van der Waals surface area contributed by atoms with Crippen LogP contribution in [0, 0.1) is 5.92 Å². The van der Waals surface area contributed by atoms with Crippen molar-refractivity contribution in [2.24, 2.45) is 5.92 Å². The molecule has 1 aromatic carbocycles. The van der Waals surface area contributed by atoms with Gasteiger partial charge in [-0.15, -0.1) is 0 Å². The van der Waals surface area contributed by atoms with Gasteiger partial charge in [0, 0.05) is 12.1 Å². The third-order valence-corrected chi connectivity index (χ3v) is 7.32. The van der Waals surface area contributed by atoms with Gasteiger partial charge in [-0.3, -0.25) is 4.79 Å². The van der Waals surface area contributed by atoms with Crippen LogP contribution < -0.4 is 19.5 Å². The van der Waals surface area contributed by atoms with Gasteiger partial charge in [0.25, 0.3) is 0 Å². The van der Waals surface area contributed by atoms with Crippen LogP contribution in [0.4, 0.5) is 0 Å². The van der Waals surface area contributed by atoms with Gasteiger partial charge < -0.3 is 19.5 Å². The molecule has 4 rings (SSSR count). The molecular formula is C19H25NO6S. The number of benzene rings is 1. The standard InChI is InChI=1S/C19H25NO6S/c21-19(13-2-1-9-27(22,23)11-13)20-14-3-5-15(6-4-14)26-16-7-8-17-18(10-16)25-12-24-17/h7-8,10,13-15H,1-6,9,11-12H2,(H,20,21). The van der Waals surface area contributed by atoms with Gasteiger partial charge >= 0.3 is 0 Å². The summed E-state index contributed by atoms with van der Waals surface area (Å²) in [4.78, 5) is 12.4. The molecule has 0 bridgehead atoms. The number of carbonyl (C=O) groups is 1. The smallest absolute Gasteiger partial charge is 0.231 e. The second-order valence-corrected chi connectivity index (χ2v) is 9.80. The first kappa shape index (κ1) is 18.4. The van der Waals surface area contributed by atoms with Crippen LogP contribution in [0.25, 0.3) is 0 Å². The van der Waals surface area contributed by atoms with Gasteiger partial charge in [-0.05, 0) is 50.7 Å². The molecule has 8 heteroatoms. The Bertz CT molecular complexity index is 800. The molecule has 1 amide bonds. The second-order valence-electron chi connectivity index (χ2n) is 7.57. The van der Waals surface area contributed by atoms with Crippen LogP contribution in [0.15, 0.2) is 18.2 Å². The fourth-order valence-corrected chi connectivity index (χ4v) is 5.72. The van der Waals surface area contributed by atoms with E-state index in [0.29, 0.717) is 18.6 Å². The van der Waals surface area contributed by atoms with Gasteiger partial charge in [0.2, 0.25) is 12.7 Å². The summed E-state index contributed by atoms with van der Waals surface area (Å²) in [6, 6.07) is 5.67. The van der Waals surface area contributed by atoms with Crippen LogP contribution in [0.2, 0.25) is 0 Å². The molecule has 2 heterocycles. The fourth-order valence-electron chi connectivity index (χ4n) is 4.02. The molecule has 1 atom stereocenters. The molecule has 7 nitrogen and oxygen atoms in total. The largest absolute Gasteiger partial charge is 0.490 e. The Balaban J connectivity index is 1.25. The molecule has 1 saturated carbocycles. The van der Waals surface area contributed by atoms with Crippen molar-refractivity contribution in [3.8, 4) is 17.2 Å². The quantitative estimate of drug-likeness (QED) is 0.839. The number of rotatable bonds is 4. The van der Waals surface area contributed by atoms with E-state index in [0.717, 1.165) is 37.2 Å². The zero-order valence-corrected chi connectivity index (χ0v) is 16.0. The second kappa shape index (κ2) is 7.58. The van der Waals surface area contributed by atoms with Crippen molar-refractivity contribution in [3.05, 3.63) is 18.2 Å². The highest BCUT2D eigenvalue weighted by Gasteiger charge is 2.32. The Labute approximate surface area is 159 Å². The van der Waals surface area contributed by atoms with E-state index in [1.165, 1.54) is 0 Å².